The first kappa shape index (κ1) is 14.3. The first-order valence-electron chi connectivity index (χ1n) is 6.78. The molecule has 0 radical (unpaired) electrons. The smallest absolute Gasteiger partial charge is 0.0195 e. The summed E-state index contributed by atoms with van der Waals surface area (Å²) >= 11 is 1.98. The van der Waals surface area contributed by atoms with E-state index in [2.05, 4.69) is 30.3 Å². The number of nitrogens with one attached hydrogen (secondary N) is 1. The highest BCUT2D eigenvalue weighted by Crippen LogP contribution is 2.17. The summed E-state index contributed by atoms with van der Waals surface area (Å²) in [6.07, 6.45) is 7.50. The summed E-state index contributed by atoms with van der Waals surface area (Å²) in [7, 11) is 0. The van der Waals surface area contributed by atoms with Gasteiger partial charge in [0.05, 0.1) is 0 Å². The molecule has 2 unspecified atom stereocenters. The second kappa shape index (κ2) is 8.37. The molecule has 0 saturated carbocycles. The topological polar surface area (TPSA) is 15.3 Å². The molecular weight excluding hydrogens is 216 g/mol. The summed E-state index contributed by atoms with van der Waals surface area (Å²) in [6, 6.07) is 1.53. The Morgan fingerprint density at radius 3 is 2.88 bits per heavy atom. The van der Waals surface area contributed by atoms with Crippen molar-refractivity contribution in [1.29, 1.82) is 0 Å². The van der Waals surface area contributed by atoms with Crippen molar-refractivity contribution in [1.82, 2.24) is 10.2 Å². The third kappa shape index (κ3) is 4.64. The first-order chi connectivity index (χ1) is 7.81. The van der Waals surface area contributed by atoms with E-state index in [0.29, 0.717) is 0 Å². The average molecular weight is 244 g/mol. The van der Waals surface area contributed by atoms with Crippen molar-refractivity contribution >= 4 is 11.8 Å². The van der Waals surface area contributed by atoms with Crippen molar-refractivity contribution in [2.45, 2.75) is 51.6 Å². The minimum atomic E-state index is 0.740. The molecule has 1 rings (SSSR count). The number of nitrogens with zero attached hydrogens (tertiary/aromatic N) is 1. The zero-order valence-electron chi connectivity index (χ0n) is 11.2. The van der Waals surface area contributed by atoms with Crippen LogP contribution in [0, 0.1) is 0 Å². The summed E-state index contributed by atoms with van der Waals surface area (Å²) in [4.78, 5) is 2.70. The fourth-order valence-corrected chi connectivity index (χ4v) is 3.36. The van der Waals surface area contributed by atoms with Crippen molar-refractivity contribution in [2.75, 3.05) is 31.6 Å². The van der Waals surface area contributed by atoms with Gasteiger partial charge in [-0.2, -0.15) is 11.8 Å². The molecule has 96 valence electrons. The fourth-order valence-electron chi connectivity index (χ4n) is 2.53. The van der Waals surface area contributed by atoms with Crippen LogP contribution in [-0.2, 0) is 0 Å². The van der Waals surface area contributed by atoms with Gasteiger partial charge in [-0.25, -0.2) is 0 Å². The number of rotatable bonds is 7. The number of likely N-dealkylation sites (tertiary alicyclic amines) is 1. The highest BCUT2D eigenvalue weighted by molar-refractivity contribution is 7.98. The van der Waals surface area contributed by atoms with Crippen LogP contribution in [0.15, 0.2) is 0 Å². The second-order valence-electron chi connectivity index (χ2n) is 4.81. The Kier molecular flexibility index (Phi) is 7.50. The van der Waals surface area contributed by atoms with Crippen LogP contribution < -0.4 is 5.32 Å². The Morgan fingerprint density at radius 1 is 1.44 bits per heavy atom. The van der Waals surface area contributed by atoms with Crippen molar-refractivity contribution in [3.05, 3.63) is 0 Å². The molecule has 2 atom stereocenters. The summed E-state index contributed by atoms with van der Waals surface area (Å²) < 4.78 is 0. The maximum atomic E-state index is 3.67. The first-order valence-corrected chi connectivity index (χ1v) is 8.17. The van der Waals surface area contributed by atoms with E-state index in [1.165, 1.54) is 51.1 Å². The molecule has 2 nitrogen and oxygen atoms in total. The summed E-state index contributed by atoms with van der Waals surface area (Å²) in [6.45, 7) is 8.32. The molecular formula is C13H28N2S. The lowest BCUT2D eigenvalue weighted by molar-refractivity contribution is 0.145. The molecule has 0 aromatic carbocycles. The molecule has 1 saturated heterocycles. The zero-order valence-corrected chi connectivity index (χ0v) is 12.0. The van der Waals surface area contributed by atoms with Crippen LogP contribution >= 0.6 is 11.8 Å². The van der Waals surface area contributed by atoms with Crippen LogP contribution in [0.5, 0.6) is 0 Å². The van der Waals surface area contributed by atoms with Crippen LogP contribution in [0.4, 0.5) is 0 Å². The van der Waals surface area contributed by atoms with Gasteiger partial charge in [-0.3, -0.25) is 4.90 Å². The van der Waals surface area contributed by atoms with E-state index >= 15 is 0 Å². The van der Waals surface area contributed by atoms with Gasteiger partial charge in [-0.1, -0.05) is 13.8 Å². The highest BCUT2D eigenvalue weighted by Gasteiger charge is 2.23. The Labute approximate surface area is 106 Å². The van der Waals surface area contributed by atoms with Crippen molar-refractivity contribution < 1.29 is 0 Å². The molecule has 1 fully saturated rings. The fraction of sp³-hybridized carbons (Fsp3) is 1.00. The Balaban J connectivity index is 2.35. The van der Waals surface area contributed by atoms with Crippen LogP contribution in [-0.4, -0.2) is 48.6 Å². The molecule has 16 heavy (non-hydrogen) atoms. The number of piperidine rings is 1. The Morgan fingerprint density at radius 2 is 2.25 bits per heavy atom. The van der Waals surface area contributed by atoms with Gasteiger partial charge in [0.2, 0.25) is 0 Å². The van der Waals surface area contributed by atoms with E-state index in [4.69, 9.17) is 0 Å². The summed E-state index contributed by atoms with van der Waals surface area (Å²) in [5.41, 5.74) is 0. The van der Waals surface area contributed by atoms with Gasteiger partial charge in [0, 0.05) is 24.4 Å². The van der Waals surface area contributed by atoms with Crippen molar-refractivity contribution in [3.63, 3.8) is 0 Å². The van der Waals surface area contributed by atoms with Crippen LogP contribution in [0.1, 0.15) is 39.5 Å². The van der Waals surface area contributed by atoms with Gasteiger partial charge in [-0.05, 0) is 45.0 Å². The monoisotopic (exact) mass is 244 g/mol. The molecule has 0 amide bonds. The molecule has 1 aliphatic heterocycles. The lowest BCUT2D eigenvalue weighted by atomic mass is 10.0. The van der Waals surface area contributed by atoms with Crippen molar-refractivity contribution in [2.24, 2.45) is 0 Å². The largest absolute Gasteiger partial charge is 0.313 e. The molecule has 3 heteroatoms. The number of hydrogen-bond acceptors (Lipinski definition) is 3. The van der Waals surface area contributed by atoms with Gasteiger partial charge in [0.1, 0.15) is 0 Å². The zero-order chi connectivity index (χ0) is 11.8. The van der Waals surface area contributed by atoms with Gasteiger partial charge < -0.3 is 5.32 Å². The molecule has 0 aliphatic carbocycles. The van der Waals surface area contributed by atoms with E-state index in [0.717, 1.165) is 12.1 Å². The highest BCUT2D eigenvalue weighted by atomic mass is 32.2. The Bertz CT molecular complexity index is 175. The minimum Gasteiger partial charge on any atom is -0.313 e. The number of hydrogen-bond donors (Lipinski definition) is 1. The van der Waals surface area contributed by atoms with Crippen LogP contribution in [0.25, 0.3) is 0 Å². The molecule has 1 heterocycles. The van der Waals surface area contributed by atoms with Gasteiger partial charge in [0.25, 0.3) is 0 Å². The Hall–Kier alpha value is 0.270. The van der Waals surface area contributed by atoms with Gasteiger partial charge in [-0.15, -0.1) is 0 Å². The van der Waals surface area contributed by atoms with E-state index in [1.807, 2.05) is 11.8 Å². The van der Waals surface area contributed by atoms with E-state index < -0.39 is 0 Å². The third-order valence-corrected chi connectivity index (χ3v) is 4.20. The molecule has 1 aliphatic rings. The summed E-state index contributed by atoms with van der Waals surface area (Å²) in [5.74, 6) is 1.29. The average Bonchev–Trinajstić information content (AvgIpc) is 2.33. The van der Waals surface area contributed by atoms with E-state index in [9.17, 15) is 0 Å². The quantitative estimate of drug-likeness (QED) is 0.741. The minimum absolute atomic E-state index is 0.740. The van der Waals surface area contributed by atoms with Crippen LogP contribution in [0.2, 0.25) is 0 Å². The molecule has 0 aromatic heterocycles. The SMILES string of the molecule is CCCNC1CCCN(C(CC)CSC)C1. The predicted molar refractivity (Wildman–Crippen MR) is 75.3 cm³/mol. The second-order valence-corrected chi connectivity index (χ2v) is 5.72. The molecule has 0 spiro atoms. The third-order valence-electron chi connectivity index (χ3n) is 3.48. The van der Waals surface area contributed by atoms with E-state index in [-0.39, 0.29) is 0 Å². The van der Waals surface area contributed by atoms with Gasteiger partial charge >= 0.3 is 0 Å². The lowest BCUT2D eigenvalue weighted by Crippen LogP contribution is -2.50. The molecule has 0 bridgehead atoms. The molecule has 0 aromatic rings. The van der Waals surface area contributed by atoms with Gasteiger partial charge in [0.15, 0.2) is 0 Å². The lowest BCUT2D eigenvalue weighted by Gasteiger charge is -2.38. The van der Waals surface area contributed by atoms with Crippen molar-refractivity contribution in [3.8, 4) is 0 Å². The molecule has 1 N–H and O–H groups in total. The predicted octanol–water partition coefficient (Wildman–Crippen LogP) is 2.59. The standard InChI is InChI=1S/C13H28N2S/c1-4-8-14-12-7-6-9-15(10-12)13(5-2)11-16-3/h12-14H,4-11H2,1-3H3. The van der Waals surface area contributed by atoms with Crippen LogP contribution in [0.3, 0.4) is 0 Å². The number of thioether (sulfide) groups is 1. The summed E-state index contributed by atoms with van der Waals surface area (Å²) in [5, 5.41) is 3.67. The van der Waals surface area contributed by atoms with E-state index in [1.54, 1.807) is 0 Å². The normalized spacial score (nSPS) is 24.6. The maximum absolute atomic E-state index is 3.67. The maximum Gasteiger partial charge on any atom is 0.0195 e.